The van der Waals surface area contributed by atoms with Crippen LogP contribution < -0.4 is 0 Å². The molecule has 10 rings (SSSR count). The fourth-order valence-electron chi connectivity index (χ4n) is 9.40. The number of cyclic esters (lactones) is 1. The Morgan fingerprint density at radius 2 is 0.731 bits per heavy atom. The number of aromatic hydroxyl groups is 18. The summed E-state index contributed by atoms with van der Waals surface area (Å²) in [7, 11) is 0. The normalized spacial score (nSPS) is 19.2. The fraction of sp³-hybridized carbons (Fsp3) is 0.125. The summed E-state index contributed by atoms with van der Waals surface area (Å²) in [5, 5.41) is 199. The van der Waals surface area contributed by atoms with Crippen LogP contribution >= 0.6 is 0 Å². The number of hydrogen-bond donors (Lipinski definition) is 18. The van der Waals surface area contributed by atoms with Gasteiger partial charge in [-0.1, -0.05) is 0 Å². The maximum absolute atomic E-state index is 15.4. The van der Waals surface area contributed by atoms with Crippen molar-refractivity contribution in [3.8, 4) is 137 Å². The summed E-state index contributed by atoms with van der Waals surface area (Å²) in [6.07, 6.45) is -14.4. The second kappa shape index (κ2) is 17.0. The molecule has 5 atom stereocenters. The van der Waals surface area contributed by atoms with E-state index >= 15 is 4.79 Å². The number of esters is 6. The van der Waals surface area contributed by atoms with E-state index in [2.05, 4.69) is 0 Å². The molecule has 0 aromatic heterocycles. The Labute approximate surface area is 427 Å². The Balaban J connectivity index is 1.36. The van der Waals surface area contributed by atoms with Crippen LogP contribution in [0.25, 0.3) is 33.4 Å². The molecule has 0 unspecified atom stereocenters. The second-order valence-electron chi connectivity index (χ2n) is 17.3. The Hall–Kier alpha value is -11.5. The first-order chi connectivity index (χ1) is 36.7. The number of fused-ring (bicyclic) bond motifs is 13. The van der Waals surface area contributed by atoms with Crippen LogP contribution in [-0.4, -0.2) is 159 Å². The van der Waals surface area contributed by atoms with E-state index < -0.39 is 249 Å². The second-order valence-corrected chi connectivity index (χ2v) is 17.3. The molecule has 4 aliphatic heterocycles. The maximum Gasteiger partial charge on any atom is 0.340 e. The van der Waals surface area contributed by atoms with Crippen molar-refractivity contribution in [1.82, 2.24) is 0 Å². The van der Waals surface area contributed by atoms with E-state index in [0.29, 0.717) is 18.2 Å². The summed E-state index contributed by atoms with van der Waals surface area (Å²) < 4.78 is 34.1. The maximum atomic E-state index is 15.4. The van der Waals surface area contributed by atoms with Gasteiger partial charge in [0.05, 0.1) is 38.9 Å². The van der Waals surface area contributed by atoms with Crippen molar-refractivity contribution < 1.29 is 149 Å². The van der Waals surface area contributed by atoms with Crippen LogP contribution in [0.3, 0.4) is 0 Å². The minimum absolute atomic E-state index is 0.272. The molecule has 0 fully saturated rings. The molecule has 0 saturated heterocycles. The Bertz CT molecular complexity index is 3800. The lowest BCUT2D eigenvalue weighted by Gasteiger charge is -2.41. The molecule has 0 spiro atoms. The summed E-state index contributed by atoms with van der Waals surface area (Å²) in [6.45, 7) is -1.63. The highest BCUT2D eigenvalue weighted by Gasteiger charge is 2.57. The van der Waals surface area contributed by atoms with Gasteiger partial charge in [-0.3, -0.25) is 0 Å². The molecular formula is C48H30O30. The number of phenols is 18. The van der Waals surface area contributed by atoms with Gasteiger partial charge in [-0.2, -0.15) is 0 Å². The molecule has 30 heteroatoms. The number of rotatable bonds is 2. The lowest BCUT2D eigenvalue weighted by atomic mass is 9.80. The Morgan fingerprint density at radius 3 is 1.24 bits per heavy atom. The van der Waals surface area contributed by atoms with Gasteiger partial charge in [0.1, 0.15) is 6.61 Å². The number of benzene rings is 6. The van der Waals surface area contributed by atoms with Crippen molar-refractivity contribution >= 4 is 35.8 Å². The zero-order valence-electron chi connectivity index (χ0n) is 37.9. The number of carbonyl (C=O) groups is 6. The first kappa shape index (κ1) is 50.1. The molecule has 6 aromatic carbocycles. The molecule has 30 nitrogen and oxygen atoms in total. The molecule has 18 N–H and O–H groups in total. The lowest BCUT2D eigenvalue weighted by molar-refractivity contribution is -0.155. The van der Waals surface area contributed by atoms with E-state index in [1.807, 2.05) is 0 Å². The molecule has 4 aliphatic rings. The molecule has 0 radical (unpaired) electrons. The van der Waals surface area contributed by atoms with E-state index in [9.17, 15) is 116 Å². The molecule has 0 saturated carbocycles. The Morgan fingerprint density at radius 1 is 0.359 bits per heavy atom. The fourth-order valence-corrected chi connectivity index (χ4v) is 9.40. The average molecular weight is 1090 g/mol. The third-order valence-electron chi connectivity index (χ3n) is 13.0. The van der Waals surface area contributed by atoms with Crippen molar-refractivity contribution in [2.45, 2.75) is 30.5 Å². The van der Waals surface area contributed by atoms with E-state index in [1.54, 1.807) is 0 Å². The van der Waals surface area contributed by atoms with Crippen LogP contribution in [-0.2, 0) is 28.4 Å². The summed E-state index contributed by atoms with van der Waals surface area (Å²) in [4.78, 5) is 88.5. The van der Waals surface area contributed by atoms with Crippen LogP contribution in [0.2, 0.25) is 0 Å². The highest BCUT2D eigenvalue weighted by Crippen LogP contribution is 2.62. The van der Waals surface area contributed by atoms with Crippen LogP contribution in [0.4, 0.5) is 0 Å². The summed E-state index contributed by atoms with van der Waals surface area (Å²) in [6, 6.07) is 1.86. The zero-order valence-corrected chi connectivity index (χ0v) is 37.9. The quantitative estimate of drug-likeness (QED) is 0.0672. The van der Waals surface area contributed by atoms with E-state index in [0.717, 1.165) is 0 Å². The first-order valence-corrected chi connectivity index (χ1v) is 21.6. The van der Waals surface area contributed by atoms with Crippen molar-refractivity contribution in [2.75, 3.05) is 6.61 Å². The number of carbonyl (C=O) groups excluding carboxylic acids is 6. The van der Waals surface area contributed by atoms with Crippen molar-refractivity contribution in [2.24, 2.45) is 0 Å². The topological polar surface area (TPSA) is 522 Å². The number of ether oxygens (including phenoxy) is 6. The van der Waals surface area contributed by atoms with E-state index in [4.69, 9.17) is 28.4 Å². The van der Waals surface area contributed by atoms with E-state index in [1.165, 1.54) is 0 Å². The smallest absolute Gasteiger partial charge is 0.340 e. The SMILES string of the molecule is O=C(O[C@@H]1c2c(O)c(O)c(O)c3c2C(=O)O[C@H]1[C@H]1OC(=O)c2c(c(O)c(O)c(O)c2-3)-c2c(cc(O)c(O)c2O)C(=O)O[C@@H]2COC(=O)c3cc(O)c(O)c(O)c3-c3c(cc(O)c(O)c3O)C(=O)O[C@@H]12)c1cc(O)c(O)c(O)c1. The third kappa shape index (κ3) is 6.96. The molecule has 0 aliphatic carbocycles. The molecule has 4 heterocycles. The van der Waals surface area contributed by atoms with Gasteiger partial charge in [0.25, 0.3) is 0 Å². The highest BCUT2D eigenvalue weighted by molar-refractivity contribution is 6.16. The van der Waals surface area contributed by atoms with Crippen molar-refractivity contribution in [3.63, 3.8) is 0 Å². The van der Waals surface area contributed by atoms with Crippen molar-refractivity contribution in [3.05, 3.63) is 69.3 Å². The molecule has 0 amide bonds. The van der Waals surface area contributed by atoms with Crippen LogP contribution in [0.15, 0.2) is 30.3 Å². The van der Waals surface area contributed by atoms with Crippen LogP contribution in [0.1, 0.15) is 73.8 Å². The molecular weight excluding hydrogens is 1060 g/mol. The van der Waals surface area contributed by atoms with Gasteiger partial charge in [-0.25, -0.2) is 28.8 Å². The van der Waals surface area contributed by atoms with Crippen LogP contribution in [0, 0.1) is 0 Å². The van der Waals surface area contributed by atoms with Gasteiger partial charge < -0.3 is 120 Å². The summed E-state index contributed by atoms with van der Waals surface area (Å²) >= 11 is 0. The standard InChI is InChI=1S/C48H30O30/c49-11-1-7(2-12(50)26(11)54)43(67)76-40-25-24-22(35(63)38(66)36(25)64)21-23-20(33(61)37(65)34(21)62)19-10(5-15(53)29(57)32(19)60)45(69)74-16-6-73-44(68)8-3-13(51)27(55)30(58)17(8)18-9(4-14(52)28(56)31(18)59)46(70)75-39(16)41(77-47(23)71)42(40)78-48(24)72/h1-5,16,39-42,49-66H,6H2/t16-,39-,40-,41+,42-/m1/s1. The first-order valence-electron chi connectivity index (χ1n) is 21.6. The van der Waals surface area contributed by atoms with Gasteiger partial charge in [-0.15, -0.1) is 0 Å². The largest absolute Gasteiger partial charge is 0.504 e. The van der Waals surface area contributed by atoms with Gasteiger partial charge in [0.2, 0.25) is 28.7 Å². The third-order valence-corrected chi connectivity index (χ3v) is 13.0. The average Bonchev–Trinajstić information content (AvgIpc) is 3.64. The van der Waals surface area contributed by atoms with Crippen molar-refractivity contribution in [1.29, 1.82) is 0 Å². The summed E-state index contributed by atoms with van der Waals surface area (Å²) in [5.41, 5.74) is -17.1. The van der Waals surface area contributed by atoms with Gasteiger partial charge in [-0.05, 0) is 30.3 Å². The monoisotopic (exact) mass is 1090 g/mol. The predicted molar refractivity (Wildman–Crippen MR) is 241 cm³/mol. The molecule has 6 aromatic rings. The van der Waals surface area contributed by atoms with Crippen LogP contribution in [0.5, 0.6) is 103 Å². The Kier molecular flexibility index (Phi) is 10.9. The predicted octanol–water partition coefficient (Wildman–Crippen LogP) is 2.30. The van der Waals surface area contributed by atoms with Gasteiger partial charge in [0, 0.05) is 33.4 Å². The lowest BCUT2D eigenvalue weighted by Crippen LogP contribution is -2.56. The highest BCUT2D eigenvalue weighted by atomic mass is 16.7. The molecule has 402 valence electrons. The minimum Gasteiger partial charge on any atom is -0.504 e. The van der Waals surface area contributed by atoms with Gasteiger partial charge in [0.15, 0.2) is 105 Å². The number of phenolic OH excluding ortho intramolecular Hbond substituents is 18. The summed E-state index contributed by atoms with van der Waals surface area (Å²) in [5.74, 6) is -39.3. The molecule has 4 bridgehead atoms. The van der Waals surface area contributed by atoms with Gasteiger partial charge >= 0.3 is 35.8 Å². The van der Waals surface area contributed by atoms with E-state index in [-0.39, 0.29) is 12.1 Å². The molecule has 78 heavy (non-hydrogen) atoms. The minimum atomic E-state index is -3.02. The zero-order chi connectivity index (χ0) is 56.7. The number of hydrogen-bond acceptors (Lipinski definition) is 30.